The lowest BCUT2D eigenvalue weighted by Crippen LogP contribution is -2.39. The molecule has 0 spiro atoms. The zero-order valence-electron chi connectivity index (χ0n) is 10.7. The molecule has 0 saturated heterocycles. The topological polar surface area (TPSA) is 83.5 Å². The van der Waals surface area contributed by atoms with E-state index >= 15 is 0 Å². The molecule has 0 heterocycles. The van der Waals surface area contributed by atoms with Crippen molar-refractivity contribution in [3.05, 3.63) is 29.8 Å². The number of aliphatic hydroxyl groups is 1. The first-order chi connectivity index (χ1) is 9.31. The standard InChI is InChI=1S/C12H15F2NO4S/c1-8(16)15-11(6-13)12(17)9-2-4-10(5-3-9)20(18,19)7-14/h2-5,11-12,17H,6-7H2,1H3,(H,15,16)/t11-,12-/m1/s1. The Morgan fingerprint density at radius 2 is 1.85 bits per heavy atom. The number of hydrogen-bond donors (Lipinski definition) is 2. The van der Waals surface area contributed by atoms with E-state index in [2.05, 4.69) is 5.32 Å². The summed E-state index contributed by atoms with van der Waals surface area (Å²) >= 11 is 0. The monoisotopic (exact) mass is 307 g/mol. The van der Waals surface area contributed by atoms with Gasteiger partial charge >= 0.3 is 0 Å². The van der Waals surface area contributed by atoms with Gasteiger partial charge in [-0.2, -0.15) is 0 Å². The van der Waals surface area contributed by atoms with Crippen LogP contribution in [-0.2, 0) is 14.6 Å². The molecule has 0 fully saturated rings. The predicted octanol–water partition coefficient (Wildman–Crippen LogP) is 0.895. The molecular formula is C12H15F2NO4S. The van der Waals surface area contributed by atoms with Gasteiger partial charge in [-0.1, -0.05) is 12.1 Å². The molecule has 2 atom stereocenters. The van der Waals surface area contributed by atoms with Crippen LogP contribution >= 0.6 is 0 Å². The quantitative estimate of drug-likeness (QED) is 0.818. The third-order valence-electron chi connectivity index (χ3n) is 2.66. The number of carbonyl (C=O) groups is 1. The van der Waals surface area contributed by atoms with Gasteiger partial charge in [-0.3, -0.25) is 4.79 Å². The summed E-state index contributed by atoms with van der Waals surface area (Å²) in [5.41, 5.74) is 0.221. The molecule has 1 aromatic rings. The fourth-order valence-electron chi connectivity index (χ4n) is 1.63. The molecular weight excluding hydrogens is 292 g/mol. The minimum atomic E-state index is -3.98. The Balaban J connectivity index is 2.95. The summed E-state index contributed by atoms with van der Waals surface area (Å²) in [5, 5.41) is 12.1. The Kier molecular flexibility index (Phi) is 5.58. The summed E-state index contributed by atoms with van der Waals surface area (Å²) in [7, 11) is -3.98. The minimum Gasteiger partial charge on any atom is -0.386 e. The van der Waals surface area contributed by atoms with Crippen LogP contribution in [0.5, 0.6) is 0 Å². The fraction of sp³-hybridized carbons (Fsp3) is 0.417. The van der Waals surface area contributed by atoms with Gasteiger partial charge in [-0.05, 0) is 17.7 Å². The molecule has 0 bridgehead atoms. The number of alkyl halides is 2. The van der Waals surface area contributed by atoms with Gasteiger partial charge in [-0.15, -0.1) is 0 Å². The first-order valence-electron chi connectivity index (χ1n) is 5.71. The molecule has 0 aromatic heterocycles. The van der Waals surface area contributed by atoms with Gasteiger partial charge in [0.2, 0.25) is 15.7 Å². The maximum atomic E-state index is 12.8. The average molecular weight is 307 g/mol. The van der Waals surface area contributed by atoms with Gasteiger partial charge in [-0.25, -0.2) is 17.2 Å². The van der Waals surface area contributed by atoms with E-state index in [1.54, 1.807) is 0 Å². The van der Waals surface area contributed by atoms with Crippen LogP contribution in [0.15, 0.2) is 29.2 Å². The highest BCUT2D eigenvalue weighted by Crippen LogP contribution is 2.20. The van der Waals surface area contributed by atoms with Crippen LogP contribution in [0, 0.1) is 0 Å². The molecule has 1 rings (SSSR count). The summed E-state index contributed by atoms with van der Waals surface area (Å²) in [6.07, 6.45) is -1.33. The van der Waals surface area contributed by atoms with E-state index in [-0.39, 0.29) is 10.5 Å². The van der Waals surface area contributed by atoms with E-state index in [1.165, 1.54) is 19.1 Å². The van der Waals surface area contributed by atoms with Crippen molar-refractivity contribution in [3.63, 3.8) is 0 Å². The van der Waals surface area contributed by atoms with E-state index in [9.17, 15) is 27.1 Å². The lowest BCUT2D eigenvalue weighted by Gasteiger charge is -2.21. The summed E-state index contributed by atoms with van der Waals surface area (Å²) in [4.78, 5) is 10.6. The number of hydrogen-bond acceptors (Lipinski definition) is 4. The smallest absolute Gasteiger partial charge is 0.217 e. The maximum Gasteiger partial charge on any atom is 0.217 e. The summed E-state index contributed by atoms with van der Waals surface area (Å²) in [5.74, 6) is -0.497. The average Bonchev–Trinajstić information content (AvgIpc) is 2.44. The molecule has 0 aliphatic rings. The van der Waals surface area contributed by atoms with Gasteiger partial charge in [0.1, 0.15) is 12.8 Å². The summed E-state index contributed by atoms with van der Waals surface area (Å²) in [6.45, 7) is 0.206. The number of nitrogens with one attached hydrogen (secondary N) is 1. The lowest BCUT2D eigenvalue weighted by molar-refractivity contribution is -0.120. The van der Waals surface area contributed by atoms with Crippen molar-refractivity contribution in [1.82, 2.24) is 5.32 Å². The second-order valence-electron chi connectivity index (χ2n) is 4.20. The van der Waals surface area contributed by atoms with Gasteiger partial charge in [0.05, 0.1) is 10.9 Å². The van der Waals surface area contributed by atoms with E-state index in [1.807, 2.05) is 0 Å². The number of rotatable bonds is 6. The molecule has 2 N–H and O–H groups in total. The summed E-state index contributed by atoms with van der Waals surface area (Å²) in [6, 6.07) is 2.09. The molecule has 112 valence electrons. The van der Waals surface area contributed by atoms with Crippen molar-refractivity contribution in [2.75, 3.05) is 12.7 Å². The second-order valence-corrected chi connectivity index (χ2v) is 6.12. The largest absolute Gasteiger partial charge is 0.386 e. The highest BCUT2D eigenvalue weighted by Gasteiger charge is 2.22. The van der Waals surface area contributed by atoms with Crippen molar-refractivity contribution in [3.8, 4) is 0 Å². The van der Waals surface area contributed by atoms with Crippen molar-refractivity contribution in [2.45, 2.75) is 24.0 Å². The lowest BCUT2D eigenvalue weighted by atomic mass is 10.0. The Hall–Kier alpha value is -1.54. The molecule has 0 aliphatic heterocycles. The normalized spacial score (nSPS) is 14.6. The Morgan fingerprint density at radius 3 is 2.25 bits per heavy atom. The molecule has 0 radical (unpaired) electrons. The third-order valence-corrected chi connectivity index (χ3v) is 3.94. The van der Waals surface area contributed by atoms with E-state index in [0.717, 1.165) is 12.1 Å². The van der Waals surface area contributed by atoms with E-state index in [4.69, 9.17) is 0 Å². The molecule has 0 aliphatic carbocycles. The van der Waals surface area contributed by atoms with Crippen LogP contribution in [0.2, 0.25) is 0 Å². The minimum absolute atomic E-state index is 0.221. The predicted molar refractivity (Wildman–Crippen MR) is 68.1 cm³/mol. The van der Waals surface area contributed by atoms with Crippen molar-refractivity contribution < 1.29 is 27.1 Å². The van der Waals surface area contributed by atoms with Gasteiger partial charge in [0.15, 0.2) is 6.01 Å². The van der Waals surface area contributed by atoms with Crippen molar-refractivity contribution in [1.29, 1.82) is 0 Å². The number of benzene rings is 1. The van der Waals surface area contributed by atoms with Crippen LogP contribution in [-0.4, -0.2) is 38.2 Å². The zero-order valence-corrected chi connectivity index (χ0v) is 11.5. The molecule has 1 aromatic carbocycles. The molecule has 0 unspecified atom stereocenters. The molecule has 0 saturated carbocycles. The second kappa shape index (κ2) is 6.76. The maximum absolute atomic E-state index is 12.8. The molecule has 1 amide bonds. The Bertz CT molecular complexity index is 559. The van der Waals surface area contributed by atoms with Crippen LogP contribution < -0.4 is 5.32 Å². The highest BCUT2D eigenvalue weighted by molar-refractivity contribution is 7.91. The van der Waals surface area contributed by atoms with Crippen molar-refractivity contribution in [2.24, 2.45) is 0 Å². The fourth-order valence-corrected chi connectivity index (χ4v) is 2.31. The molecule has 8 heteroatoms. The SMILES string of the molecule is CC(=O)N[C@H](CF)[C@H](O)c1ccc(S(=O)(=O)CF)cc1. The van der Waals surface area contributed by atoms with E-state index in [0.29, 0.717) is 0 Å². The van der Waals surface area contributed by atoms with Crippen molar-refractivity contribution >= 4 is 15.7 Å². The zero-order chi connectivity index (χ0) is 15.3. The van der Waals surface area contributed by atoms with Crippen LogP contribution in [0.1, 0.15) is 18.6 Å². The summed E-state index contributed by atoms with van der Waals surface area (Å²) < 4.78 is 47.6. The van der Waals surface area contributed by atoms with Crippen LogP contribution in [0.4, 0.5) is 8.78 Å². The number of carbonyl (C=O) groups excluding carboxylic acids is 1. The third kappa shape index (κ3) is 3.97. The van der Waals surface area contributed by atoms with Gasteiger partial charge in [0.25, 0.3) is 0 Å². The molecule has 5 nitrogen and oxygen atoms in total. The highest BCUT2D eigenvalue weighted by atomic mass is 32.2. The number of amides is 1. The molecule has 20 heavy (non-hydrogen) atoms. The number of aliphatic hydroxyl groups excluding tert-OH is 1. The van der Waals surface area contributed by atoms with Gasteiger partial charge in [0, 0.05) is 6.92 Å². The Labute approximate surface area is 115 Å². The first kappa shape index (κ1) is 16.5. The van der Waals surface area contributed by atoms with Crippen LogP contribution in [0.3, 0.4) is 0 Å². The van der Waals surface area contributed by atoms with E-state index < -0.39 is 40.6 Å². The number of sulfone groups is 1. The Morgan fingerprint density at radius 1 is 1.30 bits per heavy atom. The number of halogens is 2. The first-order valence-corrected chi connectivity index (χ1v) is 7.37. The van der Waals surface area contributed by atoms with Gasteiger partial charge < -0.3 is 10.4 Å². The van der Waals surface area contributed by atoms with Crippen LogP contribution in [0.25, 0.3) is 0 Å².